The molecule has 0 saturated carbocycles. The van der Waals surface area contributed by atoms with Gasteiger partial charge in [0, 0.05) is 6.42 Å². The van der Waals surface area contributed by atoms with Crippen molar-refractivity contribution < 1.29 is 4.74 Å². The lowest BCUT2D eigenvalue weighted by Crippen LogP contribution is -2.47. The summed E-state index contributed by atoms with van der Waals surface area (Å²) in [6.45, 7) is 0.569. The largest absolute Gasteiger partial charge is 0.489 e. The third-order valence-corrected chi connectivity index (χ3v) is 2.46. The number of rotatable bonds is 3. The molecule has 2 rings (SSSR count). The van der Waals surface area contributed by atoms with Gasteiger partial charge in [0.25, 0.3) is 0 Å². The van der Waals surface area contributed by atoms with Crippen LogP contribution in [-0.2, 0) is 11.3 Å². The van der Waals surface area contributed by atoms with E-state index in [0.717, 1.165) is 11.3 Å². The van der Waals surface area contributed by atoms with Crippen molar-refractivity contribution in [2.45, 2.75) is 18.7 Å². The van der Waals surface area contributed by atoms with Gasteiger partial charge in [0.1, 0.15) is 12.4 Å². The van der Waals surface area contributed by atoms with Crippen LogP contribution in [0.3, 0.4) is 0 Å². The summed E-state index contributed by atoms with van der Waals surface area (Å²) in [7, 11) is 0. The van der Waals surface area contributed by atoms with Gasteiger partial charge in [0.15, 0.2) is 0 Å². The van der Waals surface area contributed by atoms with E-state index >= 15 is 0 Å². The number of nitrogens with two attached hydrogens (primary N) is 2. The van der Waals surface area contributed by atoms with Crippen molar-refractivity contribution in [1.29, 1.82) is 0 Å². The van der Waals surface area contributed by atoms with E-state index in [-0.39, 0.29) is 12.4 Å². The summed E-state index contributed by atoms with van der Waals surface area (Å²) in [6.07, 6.45) is 6.12. The molecule has 1 aromatic carbocycles. The van der Waals surface area contributed by atoms with Crippen molar-refractivity contribution in [3.8, 4) is 0 Å². The van der Waals surface area contributed by atoms with Crippen LogP contribution in [-0.4, -0.2) is 5.66 Å². The zero-order valence-electron chi connectivity index (χ0n) is 9.50. The molecule has 4 heteroatoms. The molecule has 0 spiro atoms. The maximum atomic E-state index is 5.74. The Labute approximate surface area is 108 Å². The van der Waals surface area contributed by atoms with Crippen LogP contribution in [0.4, 0.5) is 0 Å². The van der Waals surface area contributed by atoms with Gasteiger partial charge in [-0.1, -0.05) is 30.3 Å². The average Bonchev–Trinajstić information content (AvgIpc) is 2.29. The second-order valence-corrected chi connectivity index (χ2v) is 4.03. The molecule has 3 nitrogen and oxygen atoms in total. The molecule has 0 aromatic heterocycles. The van der Waals surface area contributed by atoms with Gasteiger partial charge in [0.05, 0.1) is 5.66 Å². The second-order valence-electron chi connectivity index (χ2n) is 4.03. The van der Waals surface area contributed by atoms with Crippen molar-refractivity contribution in [2.75, 3.05) is 0 Å². The van der Waals surface area contributed by atoms with Crippen LogP contribution in [0.25, 0.3) is 0 Å². The Hall–Kier alpha value is -1.29. The van der Waals surface area contributed by atoms with Gasteiger partial charge < -0.3 is 16.2 Å². The number of halogens is 1. The smallest absolute Gasteiger partial charge is 0.115 e. The molecule has 0 heterocycles. The summed E-state index contributed by atoms with van der Waals surface area (Å²) < 4.78 is 5.63. The van der Waals surface area contributed by atoms with E-state index < -0.39 is 5.66 Å². The van der Waals surface area contributed by atoms with Gasteiger partial charge >= 0.3 is 0 Å². The molecule has 0 radical (unpaired) electrons. The molecule has 0 atom stereocenters. The number of ether oxygens (including phenoxy) is 1. The first-order valence-electron chi connectivity index (χ1n) is 5.30. The van der Waals surface area contributed by atoms with Gasteiger partial charge in [-0.05, 0) is 23.8 Å². The number of hydrogen-bond acceptors (Lipinski definition) is 3. The number of allylic oxidation sites excluding steroid dienone is 1. The highest BCUT2D eigenvalue weighted by molar-refractivity contribution is 5.85. The fourth-order valence-electron chi connectivity index (χ4n) is 1.50. The van der Waals surface area contributed by atoms with Crippen LogP contribution in [0.2, 0.25) is 0 Å². The molecule has 1 aliphatic rings. The Kier molecular flexibility index (Phi) is 4.75. The third-order valence-electron chi connectivity index (χ3n) is 2.46. The minimum Gasteiger partial charge on any atom is -0.489 e. The van der Waals surface area contributed by atoms with Crippen molar-refractivity contribution in [3.05, 3.63) is 59.9 Å². The highest BCUT2D eigenvalue weighted by Crippen LogP contribution is 2.16. The molecule has 0 amide bonds. The van der Waals surface area contributed by atoms with Crippen LogP contribution < -0.4 is 11.5 Å². The first-order valence-corrected chi connectivity index (χ1v) is 5.30. The zero-order chi connectivity index (χ0) is 11.4. The molecule has 0 bridgehead atoms. The molecule has 1 aliphatic carbocycles. The Morgan fingerprint density at radius 2 is 1.88 bits per heavy atom. The van der Waals surface area contributed by atoms with E-state index in [1.54, 1.807) is 6.08 Å². The predicted molar refractivity (Wildman–Crippen MR) is 71.4 cm³/mol. The number of benzene rings is 1. The average molecular weight is 253 g/mol. The summed E-state index contributed by atoms with van der Waals surface area (Å²) in [5.41, 5.74) is 11.9. The monoisotopic (exact) mass is 252 g/mol. The Morgan fingerprint density at radius 1 is 1.18 bits per heavy atom. The summed E-state index contributed by atoms with van der Waals surface area (Å²) in [5.74, 6) is 0.829. The zero-order valence-corrected chi connectivity index (χ0v) is 10.3. The van der Waals surface area contributed by atoms with Gasteiger partial charge in [-0.15, -0.1) is 12.4 Å². The van der Waals surface area contributed by atoms with E-state index in [4.69, 9.17) is 16.2 Å². The van der Waals surface area contributed by atoms with Crippen LogP contribution in [0.1, 0.15) is 12.0 Å². The second kappa shape index (κ2) is 5.87. The van der Waals surface area contributed by atoms with Gasteiger partial charge in [-0.2, -0.15) is 0 Å². The summed E-state index contributed by atoms with van der Waals surface area (Å²) in [5, 5.41) is 0. The lowest BCUT2D eigenvalue weighted by Gasteiger charge is -2.22. The molecular formula is C13H17ClN2O. The third kappa shape index (κ3) is 4.23. The highest BCUT2D eigenvalue weighted by Gasteiger charge is 2.17. The quantitative estimate of drug-likeness (QED) is 0.810. The first-order chi connectivity index (χ1) is 7.66. The maximum absolute atomic E-state index is 5.74. The normalized spacial score (nSPS) is 16.9. The lowest BCUT2D eigenvalue weighted by atomic mass is 10.0. The molecule has 92 valence electrons. The van der Waals surface area contributed by atoms with Crippen molar-refractivity contribution in [1.82, 2.24) is 0 Å². The molecule has 0 unspecified atom stereocenters. The molecule has 17 heavy (non-hydrogen) atoms. The Balaban J connectivity index is 0.00000144. The van der Waals surface area contributed by atoms with E-state index in [1.165, 1.54) is 0 Å². The molecule has 0 aliphatic heterocycles. The molecule has 4 N–H and O–H groups in total. The first kappa shape index (κ1) is 13.8. The molecule has 0 fully saturated rings. The summed E-state index contributed by atoms with van der Waals surface area (Å²) in [6, 6.07) is 10.0. The van der Waals surface area contributed by atoms with Gasteiger partial charge in [-0.25, -0.2) is 0 Å². The fraction of sp³-hybridized carbons (Fsp3) is 0.231. The Morgan fingerprint density at radius 3 is 2.47 bits per heavy atom. The standard InChI is InChI=1S/C13H16N2O.ClH/c14-13(15)8-6-12(7-9-13)16-10-11-4-2-1-3-5-11;/h1-8H,9-10,14-15H2;1H. The minimum absolute atomic E-state index is 0. The topological polar surface area (TPSA) is 61.3 Å². The fourth-order valence-corrected chi connectivity index (χ4v) is 1.50. The SMILES string of the molecule is Cl.NC1(N)C=CC(OCc2ccccc2)=CC1. The summed E-state index contributed by atoms with van der Waals surface area (Å²) >= 11 is 0. The van der Waals surface area contributed by atoms with Crippen LogP contribution in [0, 0.1) is 0 Å². The van der Waals surface area contributed by atoms with E-state index in [0.29, 0.717) is 13.0 Å². The van der Waals surface area contributed by atoms with Crippen molar-refractivity contribution in [3.63, 3.8) is 0 Å². The van der Waals surface area contributed by atoms with Crippen LogP contribution in [0.5, 0.6) is 0 Å². The minimum atomic E-state index is -0.723. The van der Waals surface area contributed by atoms with E-state index in [2.05, 4.69) is 0 Å². The molecule has 0 saturated heterocycles. The summed E-state index contributed by atoms with van der Waals surface area (Å²) in [4.78, 5) is 0. The number of hydrogen-bond donors (Lipinski definition) is 2. The predicted octanol–water partition coefficient (Wildman–Crippen LogP) is 2.08. The molecule has 1 aromatic rings. The lowest BCUT2D eigenvalue weighted by molar-refractivity contribution is 0.207. The molecular weight excluding hydrogens is 236 g/mol. The van der Waals surface area contributed by atoms with Gasteiger partial charge in [-0.3, -0.25) is 0 Å². The van der Waals surface area contributed by atoms with E-state index in [1.807, 2.05) is 42.5 Å². The maximum Gasteiger partial charge on any atom is 0.115 e. The van der Waals surface area contributed by atoms with Crippen LogP contribution in [0.15, 0.2) is 54.3 Å². The van der Waals surface area contributed by atoms with E-state index in [9.17, 15) is 0 Å². The Bertz CT molecular complexity index is 413. The van der Waals surface area contributed by atoms with Gasteiger partial charge in [0.2, 0.25) is 0 Å². The van der Waals surface area contributed by atoms with Crippen molar-refractivity contribution >= 4 is 12.4 Å². The highest BCUT2D eigenvalue weighted by atomic mass is 35.5. The van der Waals surface area contributed by atoms with Crippen molar-refractivity contribution in [2.24, 2.45) is 11.5 Å². The van der Waals surface area contributed by atoms with Crippen LogP contribution >= 0.6 is 12.4 Å².